The molecule has 0 saturated heterocycles. The van der Waals surface area contributed by atoms with Gasteiger partial charge in [-0.05, 0) is 6.92 Å². The van der Waals surface area contributed by atoms with Gasteiger partial charge in [-0.3, -0.25) is 0 Å². The molecule has 0 unspecified atom stereocenters. The quantitative estimate of drug-likeness (QED) is 0.502. The maximum absolute atomic E-state index is 8.07. The number of hydrogen-bond donors (Lipinski definition) is 2. The normalized spacial score (nSPS) is 7.50. The summed E-state index contributed by atoms with van der Waals surface area (Å²) in [6.45, 7) is 3.20. The van der Waals surface area contributed by atoms with Gasteiger partial charge in [0.15, 0.2) is 0 Å². The van der Waals surface area contributed by atoms with Crippen molar-refractivity contribution in [3.05, 3.63) is 0 Å². The van der Waals surface area contributed by atoms with E-state index in [1.165, 1.54) is 0 Å². The van der Waals surface area contributed by atoms with Crippen molar-refractivity contribution in [2.75, 3.05) is 26.9 Å². The minimum Gasteiger partial charge on any atom is -0.400 e. The molecule has 0 aliphatic heterocycles. The second-order valence-corrected chi connectivity index (χ2v) is 0.921. The molecule has 8 heavy (non-hydrogen) atoms. The highest BCUT2D eigenvalue weighted by Crippen LogP contribution is 1.66. The number of ether oxygens (including phenoxy) is 1. The van der Waals surface area contributed by atoms with Crippen LogP contribution in [0.15, 0.2) is 0 Å². The Morgan fingerprint density at radius 1 is 1.38 bits per heavy atom. The van der Waals surface area contributed by atoms with E-state index in [1.54, 1.807) is 0 Å². The number of aliphatic hydroxyl groups excluding tert-OH is 2. The molecule has 3 heteroatoms. The fourth-order valence-corrected chi connectivity index (χ4v) is 0.209. The van der Waals surface area contributed by atoms with Crippen LogP contribution in [0.3, 0.4) is 0 Å². The van der Waals surface area contributed by atoms with Crippen LogP contribution in [0.1, 0.15) is 6.92 Å². The van der Waals surface area contributed by atoms with Crippen LogP contribution in [0, 0.1) is 0 Å². The average Bonchev–Trinajstić information content (AvgIpc) is 1.88. The minimum absolute atomic E-state index is 0.133. The molecule has 0 bridgehead atoms. The lowest BCUT2D eigenvalue weighted by molar-refractivity contribution is 0.102. The summed E-state index contributed by atoms with van der Waals surface area (Å²) in [7, 11) is 1.00. The van der Waals surface area contributed by atoms with Crippen molar-refractivity contribution >= 4 is 0 Å². The highest BCUT2D eigenvalue weighted by molar-refractivity contribution is 4.18. The van der Waals surface area contributed by atoms with Crippen molar-refractivity contribution in [3.8, 4) is 0 Å². The van der Waals surface area contributed by atoms with Gasteiger partial charge in [0.25, 0.3) is 0 Å². The molecule has 0 saturated carbocycles. The molecular formula is C5H14O3. The van der Waals surface area contributed by atoms with Crippen LogP contribution in [0.2, 0.25) is 0 Å². The molecular weight excluding hydrogens is 108 g/mol. The molecule has 0 fully saturated rings. The SMILES string of the molecule is CCOCCO.CO. The van der Waals surface area contributed by atoms with E-state index in [-0.39, 0.29) is 6.61 Å². The predicted molar refractivity (Wildman–Crippen MR) is 31.7 cm³/mol. The predicted octanol–water partition coefficient (Wildman–Crippen LogP) is -0.376. The standard InChI is InChI=1S/C4H10O2.CH4O/c1-2-6-4-3-5;1-2/h5H,2-4H2,1H3;2H,1H3. The van der Waals surface area contributed by atoms with Gasteiger partial charge in [0.2, 0.25) is 0 Å². The van der Waals surface area contributed by atoms with Crippen LogP contribution in [-0.2, 0) is 4.74 Å². The largest absolute Gasteiger partial charge is 0.400 e. The highest BCUT2D eigenvalue weighted by atomic mass is 16.5. The molecule has 0 aromatic heterocycles. The summed E-state index contributed by atoms with van der Waals surface area (Å²) in [5, 5.41) is 15.1. The van der Waals surface area contributed by atoms with E-state index in [0.29, 0.717) is 13.2 Å². The van der Waals surface area contributed by atoms with Gasteiger partial charge in [-0.15, -0.1) is 0 Å². The second-order valence-electron chi connectivity index (χ2n) is 0.921. The van der Waals surface area contributed by atoms with Crippen LogP contribution >= 0.6 is 0 Å². The Bertz CT molecular complexity index is 19.6. The van der Waals surface area contributed by atoms with Gasteiger partial charge in [-0.2, -0.15) is 0 Å². The van der Waals surface area contributed by atoms with E-state index >= 15 is 0 Å². The Hall–Kier alpha value is -0.120. The summed E-state index contributed by atoms with van der Waals surface area (Å²) >= 11 is 0. The van der Waals surface area contributed by atoms with E-state index in [4.69, 9.17) is 14.9 Å². The minimum atomic E-state index is 0.133. The highest BCUT2D eigenvalue weighted by Gasteiger charge is 1.73. The van der Waals surface area contributed by atoms with Gasteiger partial charge in [0.05, 0.1) is 13.2 Å². The van der Waals surface area contributed by atoms with Crippen molar-refractivity contribution < 1.29 is 14.9 Å². The summed E-state index contributed by atoms with van der Waals surface area (Å²) in [4.78, 5) is 0. The topological polar surface area (TPSA) is 49.7 Å². The van der Waals surface area contributed by atoms with E-state index in [9.17, 15) is 0 Å². The van der Waals surface area contributed by atoms with Gasteiger partial charge in [-0.25, -0.2) is 0 Å². The van der Waals surface area contributed by atoms with Crippen molar-refractivity contribution in [1.82, 2.24) is 0 Å². The average molecular weight is 122 g/mol. The van der Waals surface area contributed by atoms with Crippen molar-refractivity contribution in [2.45, 2.75) is 6.92 Å². The monoisotopic (exact) mass is 122 g/mol. The molecule has 0 rings (SSSR count). The molecule has 0 aromatic carbocycles. The summed E-state index contributed by atoms with van der Waals surface area (Å²) < 4.78 is 4.73. The number of aliphatic hydroxyl groups is 2. The third kappa shape index (κ3) is 16.9. The van der Waals surface area contributed by atoms with Crippen LogP contribution < -0.4 is 0 Å². The van der Waals surface area contributed by atoms with Gasteiger partial charge in [0.1, 0.15) is 0 Å². The molecule has 52 valence electrons. The molecule has 0 aliphatic carbocycles. The Morgan fingerprint density at radius 2 is 1.88 bits per heavy atom. The van der Waals surface area contributed by atoms with Crippen LogP contribution in [-0.4, -0.2) is 37.1 Å². The fraction of sp³-hybridized carbons (Fsp3) is 1.00. The lowest BCUT2D eigenvalue weighted by Crippen LogP contribution is -1.96. The Labute approximate surface area is 49.9 Å². The summed E-state index contributed by atoms with van der Waals surface area (Å²) in [5.41, 5.74) is 0. The molecule has 2 N–H and O–H groups in total. The molecule has 0 aromatic rings. The first kappa shape index (κ1) is 10.8. The summed E-state index contributed by atoms with van der Waals surface area (Å²) in [6, 6.07) is 0. The Balaban J connectivity index is 0. The number of rotatable bonds is 3. The van der Waals surface area contributed by atoms with Crippen LogP contribution in [0.5, 0.6) is 0 Å². The zero-order chi connectivity index (χ0) is 6.83. The molecule has 0 spiro atoms. The maximum atomic E-state index is 8.07. The molecule has 0 heterocycles. The second kappa shape index (κ2) is 15.8. The van der Waals surface area contributed by atoms with E-state index < -0.39 is 0 Å². The van der Waals surface area contributed by atoms with Crippen molar-refractivity contribution in [1.29, 1.82) is 0 Å². The van der Waals surface area contributed by atoms with Gasteiger partial charge in [-0.1, -0.05) is 0 Å². The first-order valence-corrected chi connectivity index (χ1v) is 2.55. The van der Waals surface area contributed by atoms with E-state index in [1.807, 2.05) is 6.92 Å². The Kier molecular flexibility index (Phi) is 21.3. The first-order valence-electron chi connectivity index (χ1n) is 2.55. The molecule has 0 aliphatic rings. The number of hydrogen-bond acceptors (Lipinski definition) is 3. The summed E-state index contributed by atoms with van der Waals surface area (Å²) in [5.74, 6) is 0. The van der Waals surface area contributed by atoms with Crippen LogP contribution in [0.4, 0.5) is 0 Å². The lowest BCUT2D eigenvalue weighted by Gasteiger charge is -1.91. The Morgan fingerprint density at radius 3 is 2.00 bits per heavy atom. The smallest absolute Gasteiger partial charge is 0.0697 e. The van der Waals surface area contributed by atoms with Gasteiger partial charge < -0.3 is 14.9 Å². The lowest BCUT2D eigenvalue weighted by atomic mass is 10.8. The van der Waals surface area contributed by atoms with E-state index in [2.05, 4.69) is 0 Å². The fourth-order valence-electron chi connectivity index (χ4n) is 0.209. The zero-order valence-corrected chi connectivity index (χ0v) is 5.42. The van der Waals surface area contributed by atoms with E-state index in [0.717, 1.165) is 7.11 Å². The van der Waals surface area contributed by atoms with Crippen LogP contribution in [0.25, 0.3) is 0 Å². The van der Waals surface area contributed by atoms with Crippen molar-refractivity contribution in [3.63, 3.8) is 0 Å². The zero-order valence-electron chi connectivity index (χ0n) is 5.42. The third-order valence-electron chi connectivity index (χ3n) is 0.440. The van der Waals surface area contributed by atoms with Crippen molar-refractivity contribution in [2.24, 2.45) is 0 Å². The van der Waals surface area contributed by atoms with Gasteiger partial charge >= 0.3 is 0 Å². The molecule has 0 atom stereocenters. The maximum Gasteiger partial charge on any atom is 0.0697 e. The third-order valence-corrected chi connectivity index (χ3v) is 0.440. The first-order chi connectivity index (χ1) is 3.91. The molecule has 0 radical (unpaired) electrons. The summed E-state index contributed by atoms with van der Waals surface area (Å²) in [6.07, 6.45) is 0. The van der Waals surface area contributed by atoms with Gasteiger partial charge in [0, 0.05) is 13.7 Å². The molecule has 3 nitrogen and oxygen atoms in total. The molecule has 0 amide bonds.